The van der Waals surface area contributed by atoms with Crippen molar-refractivity contribution < 1.29 is 19.1 Å². The van der Waals surface area contributed by atoms with Crippen LogP contribution in [0, 0.1) is 11.3 Å². The molecule has 0 bridgehead atoms. The van der Waals surface area contributed by atoms with Gasteiger partial charge in [-0.25, -0.2) is 9.67 Å². The molecule has 0 aliphatic rings. The molecule has 1 aromatic carbocycles. The van der Waals surface area contributed by atoms with Crippen LogP contribution in [0.1, 0.15) is 40.3 Å². The van der Waals surface area contributed by atoms with Crippen molar-refractivity contribution in [1.29, 1.82) is 0 Å². The second-order valence-electron chi connectivity index (χ2n) is 6.96. The van der Waals surface area contributed by atoms with Crippen molar-refractivity contribution in [2.24, 2.45) is 11.3 Å². The number of ether oxygens (including phenoxy) is 2. The van der Waals surface area contributed by atoms with E-state index >= 15 is 0 Å². The standard InChI is InChI=1S/C19H24ClN3O4/c1-5-13(2)18(25)26-10-19(3,4)16(24)17(23-12-21-11-22-23)27-15-8-6-14(20)7-9-15/h6-9,11-13,17H,5,10H2,1-4H3. The lowest BCUT2D eigenvalue weighted by Gasteiger charge is -2.28. The highest BCUT2D eigenvalue weighted by Crippen LogP contribution is 2.28. The smallest absolute Gasteiger partial charge is 0.308 e. The molecule has 2 aromatic rings. The third-order valence-corrected chi connectivity index (χ3v) is 4.47. The van der Waals surface area contributed by atoms with Gasteiger partial charge in [-0.3, -0.25) is 9.59 Å². The molecule has 8 heteroatoms. The second-order valence-corrected chi connectivity index (χ2v) is 7.40. The molecule has 1 aromatic heterocycles. The minimum absolute atomic E-state index is 0.0514. The van der Waals surface area contributed by atoms with E-state index in [1.807, 2.05) is 6.92 Å². The van der Waals surface area contributed by atoms with E-state index in [0.29, 0.717) is 17.2 Å². The number of ketones is 1. The maximum Gasteiger partial charge on any atom is 0.308 e. The van der Waals surface area contributed by atoms with Gasteiger partial charge in [0.05, 0.1) is 11.3 Å². The highest BCUT2D eigenvalue weighted by atomic mass is 35.5. The molecule has 0 radical (unpaired) electrons. The third-order valence-electron chi connectivity index (χ3n) is 4.22. The summed E-state index contributed by atoms with van der Waals surface area (Å²) in [7, 11) is 0. The minimum Gasteiger partial charge on any atom is -0.464 e. The Morgan fingerprint density at radius 1 is 1.26 bits per heavy atom. The lowest BCUT2D eigenvalue weighted by molar-refractivity contribution is -0.155. The van der Waals surface area contributed by atoms with Crippen LogP contribution in [0.4, 0.5) is 0 Å². The molecular formula is C19H24ClN3O4. The van der Waals surface area contributed by atoms with Crippen molar-refractivity contribution in [2.45, 2.75) is 40.3 Å². The number of hydrogen-bond acceptors (Lipinski definition) is 6. The van der Waals surface area contributed by atoms with Crippen LogP contribution in [0.25, 0.3) is 0 Å². The number of benzene rings is 1. The number of carbonyl (C=O) groups is 2. The largest absolute Gasteiger partial charge is 0.464 e. The molecule has 0 fully saturated rings. The van der Waals surface area contributed by atoms with Gasteiger partial charge < -0.3 is 9.47 Å². The molecule has 2 atom stereocenters. The molecule has 1 heterocycles. The van der Waals surface area contributed by atoms with E-state index in [1.54, 1.807) is 45.0 Å². The Morgan fingerprint density at radius 2 is 1.93 bits per heavy atom. The average molecular weight is 394 g/mol. The van der Waals surface area contributed by atoms with Gasteiger partial charge in [0.15, 0.2) is 0 Å². The van der Waals surface area contributed by atoms with Gasteiger partial charge in [-0.2, -0.15) is 5.10 Å². The van der Waals surface area contributed by atoms with Crippen LogP contribution in [-0.4, -0.2) is 33.1 Å². The lowest BCUT2D eigenvalue weighted by Crippen LogP contribution is -2.40. The fourth-order valence-corrected chi connectivity index (χ4v) is 2.30. The number of nitrogens with zero attached hydrogens (tertiary/aromatic N) is 3. The lowest BCUT2D eigenvalue weighted by atomic mass is 9.88. The van der Waals surface area contributed by atoms with Crippen LogP contribution < -0.4 is 4.74 Å². The molecule has 146 valence electrons. The SMILES string of the molecule is CCC(C)C(=O)OCC(C)(C)C(=O)C(Oc1ccc(Cl)cc1)n1cncn1. The molecular weight excluding hydrogens is 370 g/mol. The number of esters is 1. The van der Waals surface area contributed by atoms with E-state index in [4.69, 9.17) is 21.1 Å². The maximum absolute atomic E-state index is 13.2. The maximum atomic E-state index is 13.2. The average Bonchev–Trinajstić information content (AvgIpc) is 3.18. The quantitative estimate of drug-likeness (QED) is 0.604. The van der Waals surface area contributed by atoms with Crippen molar-refractivity contribution in [3.63, 3.8) is 0 Å². The zero-order valence-corrected chi connectivity index (χ0v) is 16.6. The third kappa shape index (κ3) is 5.53. The first-order valence-corrected chi connectivity index (χ1v) is 9.09. The fraction of sp³-hybridized carbons (Fsp3) is 0.474. The Kier molecular flexibility index (Phi) is 6.96. The van der Waals surface area contributed by atoms with Crippen LogP contribution in [0.3, 0.4) is 0 Å². The summed E-state index contributed by atoms with van der Waals surface area (Å²) in [6, 6.07) is 6.66. The van der Waals surface area contributed by atoms with Gasteiger partial charge in [0.2, 0.25) is 5.78 Å². The number of hydrogen-bond donors (Lipinski definition) is 0. The van der Waals surface area contributed by atoms with Crippen LogP contribution in [0.15, 0.2) is 36.9 Å². The first-order chi connectivity index (χ1) is 12.7. The monoisotopic (exact) mass is 393 g/mol. The van der Waals surface area contributed by atoms with Gasteiger partial charge in [0, 0.05) is 5.02 Å². The zero-order valence-electron chi connectivity index (χ0n) is 15.9. The summed E-state index contributed by atoms with van der Waals surface area (Å²) < 4.78 is 12.5. The first kappa shape index (κ1) is 20.9. The van der Waals surface area contributed by atoms with Gasteiger partial charge in [-0.1, -0.05) is 25.4 Å². The number of rotatable bonds is 9. The first-order valence-electron chi connectivity index (χ1n) is 8.72. The number of aromatic nitrogens is 3. The van der Waals surface area contributed by atoms with Crippen molar-refractivity contribution in [2.75, 3.05) is 6.61 Å². The Hall–Kier alpha value is -2.41. The molecule has 2 unspecified atom stereocenters. The fourth-order valence-electron chi connectivity index (χ4n) is 2.17. The van der Waals surface area contributed by atoms with Gasteiger partial charge in [0.1, 0.15) is 25.0 Å². The Balaban J connectivity index is 2.17. The summed E-state index contributed by atoms with van der Waals surface area (Å²) in [6.45, 7) is 7.05. The van der Waals surface area contributed by atoms with Crippen LogP contribution in [-0.2, 0) is 14.3 Å². The van der Waals surface area contributed by atoms with Crippen LogP contribution in [0.5, 0.6) is 5.75 Å². The van der Waals surface area contributed by atoms with E-state index in [9.17, 15) is 9.59 Å². The molecule has 0 N–H and O–H groups in total. The molecule has 0 saturated carbocycles. The number of carbonyl (C=O) groups excluding carboxylic acids is 2. The molecule has 0 spiro atoms. The predicted molar refractivity (Wildman–Crippen MR) is 100 cm³/mol. The summed E-state index contributed by atoms with van der Waals surface area (Å²) in [5.41, 5.74) is -0.980. The normalized spacial score (nSPS) is 13.7. The Labute approximate surface area is 163 Å². The molecule has 0 amide bonds. The number of Topliss-reactive ketones (excluding diaryl/α,β-unsaturated/α-hetero) is 1. The molecule has 0 saturated heterocycles. The highest BCUT2D eigenvalue weighted by molar-refractivity contribution is 6.30. The van der Waals surface area contributed by atoms with Crippen molar-refractivity contribution in [1.82, 2.24) is 14.8 Å². The summed E-state index contributed by atoms with van der Waals surface area (Å²) in [6.07, 6.45) is 2.35. The van der Waals surface area contributed by atoms with E-state index < -0.39 is 11.6 Å². The van der Waals surface area contributed by atoms with E-state index in [2.05, 4.69) is 10.1 Å². The molecule has 7 nitrogen and oxygen atoms in total. The predicted octanol–water partition coefficient (Wildman–Crippen LogP) is 3.69. The van der Waals surface area contributed by atoms with Crippen molar-refractivity contribution >= 4 is 23.4 Å². The Morgan fingerprint density at radius 3 is 2.48 bits per heavy atom. The van der Waals surface area contributed by atoms with E-state index in [1.165, 1.54) is 17.3 Å². The molecule has 27 heavy (non-hydrogen) atoms. The summed E-state index contributed by atoms with van der Waals surface area (Å²) in [5.74, 6) is -0.373. The second kappa shape index (κ2) is 8.99. The van der Waals surface area contributed by atoms with E-state index in [-0.39, 0.29) is 24.3 Å². The summed E-state index contributed by atoms with van der Waals surface area (Å²) in [4.78, 5) is 29.0. The molecule has 2 rings (SSSR count). The summed E-state index contributed by atoms with van der Waals surface area (Å²) in [5, 5.41) is 4.59. The molecule has 0 aliphatic carbocycles. The van der Waals surface area contributed by atoms with Gasteiger partial charge in [-0.05, 0) is 44.5 Å². The van der Waals surface area contributed by atoms with Gasteiger partial charge in [0.25, 0.3) is 6.23 Å². The molecule has 0 aliphatic heterocycles. The van der Waals surface area contributed by atoms with Crippen molar-refractivity contribution in [3.8, 4) is 5.75 Å². The zero-order chi connectivity index (χ0) is 20.0. The summed E-state index contributed by atoms with van der Waals surface area (Å²) >= 11 is 5.89. The van der Waals surface area contributed by atoms with Crippen molar-refractivity contribution in [3.05, 3.63) is 41.9 Å². The van der Waals surface area contributed by atoms with E-state index in [0.717, 1.165) is 0 Å². The van der Waals surface area contributed by atoms with Gasteiger partial charge >= 0.3 is 5.97 Å². The topological polar surface area (TPSA) is 83.3 Å². The minimum atomic E-state index is -1.05. The Bertz CT molecular complexity index is 760. The van der Waals surface area contributed by atoms with Crippen LogP contribution in [0.2, 0.25) is 5.02 Å². The highest BCUT2D eigenvalue weighted by Gasteiger charge is 2.38. The van der Waals surface area contributed by atoms with Gasteiger partial charge in [-0.15, -0.1) is 0 Å². The number of halogens is 1. The van der Waals surface area contributed by atoms with Crippen LogP contribution >= 0.6 is 11.6 Å².